The Morgan fingerprint density at radius 2 is 1.86 bits per heavy atom. The van der Waals surface area contributed by atoms with Crippen LogP contribution in [0, 0.1) is 0 Å². The van der Waals surface area contributed by atoms with Crippen molar-refractivity contribution in [2.45, 2.75) is 44.0 Å². The summed E-state index contributed by atoms with van der Waals surface area (Å²) >= 11 is 0. The number of aryl methyl sites for hydroxylation is 1. The molecule has 0 aliphatic rings. The summed E-state index contributed by atoms with van der Waals surface area (Å²) in [5, 5.41) is 2.93. The maximum atomic E-state index is 12.6. The van der Waals surface area contributed by atoms with Crippen molar-refractivity contribution in [3.8, 4) is 5.75 Å². The van der Waals surface area contributed by atoms with E-state index < -0.39 is 10.0 Å². The fourth-order valence-electron chi connectivity index (χ4n) is 2.75. The van der Waals surface area contributed by atoms with Gasteiger partial charge >= 0.3 is 0 Å². The summed E-state index contributed by atoms with van der Waals surface area (Å²) in [5.74, 6) is -0.104. The summed E-state index contributed by atoms with van der Waals surface area (Å²) in [6, 6.07) is 14.4. The molecule has 0 bridgehead atoms. The molecule has 6 nitrogen and oxygen atoms in total. The van der Waals surface area contributed by atoms with E-state index in [2.05, 4.69) is 22.2 Å². The van der Waals surface area contributed by atoms with Gasteiger partial charge in [-0.25, -0.2) is 13.1 Å². The third-order valence-corrected chi connectivity index (χ3v) is 5.83. The Labute approximate surface area is 167 Å². The Balaban J connectivity index is 2.09. The van der Waals surface area contributed by atoms with Gasteiger partial charge in [-0.3, -0.25) is 4.79 Å². The van der Waals surface area contributed by atoms with Crippen molar-refractivity contribution in [2.75, 3.05) is 13.7 Å². The molecule has 7 heteroatoms. The smallest absolute Gasteiger partial charge is 0.251 e. The zero-order valence-corrected chi connectivity index (χ0v) is 17.4. The van der Waals surface area contributed by atoms with Crippen molar-refractivity contribution in [1.29, 1.82) is 0 Å². The average Bonchev–Trinajstić information content (AvgIpc) is 2.71. The van der Waals surface area contributed by atoms with E-state index in [9.17, 15) is 13.2 Å². The Kier molecular flexibility index (Phi) is 8.02. The first-order valence-corrected chi connectivity index (χ1v) is 10.9. The molecule has 0 radical (unpaired) electrons. The van der Waals surface area contributed by atoms with Gasteiger partial charge < -0.3 is 10.1 Å². The topological polar surface area (TPSA) is 84.5 Å². The van der Waals surface area contributed by atoms with Gasteiger partial charge in [0.25, 0.3) is 5.91 Å². The molecule has 0 unspecified atom stereocenters. The predicted molar refractivity (Wildman–Crippen MR) is 110 cm³/mol. The van der Waals surface area contributed by atoms with Crippen LogP contribution in [0.1, 0.15) is 42.6 Å². The lowest BCUT2D eigenvalue weighted by molar-refractivity contribution is 0.0938. The molecular weight excluding hydrogens is 376 g/mol. The highest BCUT2D eigenvalue weighted by atomic mass is 32.2. The summed E-state index contributed by atoms with van der Waals surface area (Å²) in [6.45, 7) is 4.13. The number of benzene rings is 2. The SMILES string of the molecule is CCCNS(=O)(=O)c1cc(C(=O)N[C@H](C)CCc2ccccc2)ccc1OC. The standard InChI is InChI=1S/C21H28N2O4S/c1-4-14-22-28(25,26)20-15-18(12-13-19(20)27-3)21(24)23-16(2)10-11-17-8-6-5-7-9-17/h5-9,12-13,15-16,22H,4,10-11,14H2,1-3H3,(H,23,24)/t16-/m1/s1. The van der Waals surface area contributed by atoms with E-state index in [0.29, 0.717) is 13.0 Å². The first kappa shape index (κ1) is 21.9. The second-order valence-electron chi connectivity index (χ2n) is 6.66. The Bertz CT molecular complexity index is 883. The van der Waals surface area contributed by atoms with Gasteiger partial charge in [0.05, 0.1) is 7.11 Å². The van der Waals surface area contributed by atoms with Crippen LogP contribution in [0.15, 0.2) is 53.4 Å². The van der Waals surface area contributed by atoms with Crippen LogP contribution >= 0.6 is 0 Å². The molecule has 28 heavy (non-hydrogen) atoms. The third-order valence-electron chi connectivity index (χ3n) is 4.34. The fourth-order valence-corrected chi connectivity index (χ4v) is 4.08. The zero-order chi connectivity index (χ0) is 20.6. The minimum atomic E-state index is -3.75. The van der Waals surface area contributed by atoms with Gasteiger partial charge in [0.2, 0.25) is 10.0 Å². The predicted octanol–water partition coefficient (Wildman–Crippen LogP) is 3.13. The van der Waals surface area contributed by atoms with E-state index >= 15 is 0 Å². The lowest BCUT2D eigenvalue weighted by Crippen LogP contribution is -2.33. The van der Waals surface area contributed by atoms with Crippen LogP contribution < -0.4 is 14.8 Å². The van der Waals surface area contributed by atoms with E-state index in [1.165, 1.54) is 24.8 Å². The molecule has 0 saturated heterocycles. The zero-order valence-electron chi connectivity index (χ0n) is 16.6. The van der Waals surface area contributed by atoms with Crippen LogP contribution in [0.2, 0.25) is 0 Å². The molecule has 0 fully saturated rings. The van der Waals surface area contributed by atoms with Crippen molar-refractivity contribution < 1.29 is 17.9 Å². The second-order valence-corrected chi connectivity index (χ2v) is 8.40. The van der Waals surface area contributed by atoms with Gasteiger partial charge in [-0.2, -0.15) is 0 Å². The Hall–Kier alpha value is -2.38. The Morgan fingerprint density at radius 1 is 1.14 bits per heavy atom. The van der Waals surface area contributed by atoms with Crippen molar-refractivity contribution in [2.24, 2.45) is 0 Å². The molecule has 2 N–H and O–H groups in total. The molecule has 1 amide bonds. The fraction of sp³-hybridized carbons (Fsp3) is 0.381. The number of ether oxygens (including phenoxy) is 1. The molecule has 0 heterocycles. The van der Waals surface area contributed by atoms with Crippen LogP contribution in [0.3, 0.4) is 0 Å². The van der Waals surface area contributed by atoms with E-state index in [1.807, 2.05) is 32.0 Å². The highest BCUT2D eigenvalue weighted by molar-refractivity contribution is 7.89. The summed E-state index contributed by atoms with van der Waals surface area (Å²) in [6.07, 6.45) is 2.31. The largest absolute Gasteiger partial charge is 0.495 e. The molecule has 2 aromatic carbocycles. The number of rotatable bonds is 10. The van der Waals surface area contributed by atoms with E-state index in [4.69, 9.17) is 4.74 Å². The minimum Gasteiger partial charge on any atom is -0.495 e. The molecule has 0 spiro atoms. The molecule has 2 rings (SSSR count). The summed E-state index contributed by atoms with van der Waals surface area (Å²) < 4.78 is 32.7. The number of sulfonamides is 1. The number of nitrogens with one attached hydrogen (secondary N) is 2. The molecule has 1 atom stereocenters. The van der Waals surface area contributed by atoms with Gasteiger partial charge in [0, 0.05) is 18.2 Å². The molecule has 0 aliphatic heterocycles. The van der Waals surface area contributed by atoms with Gasteiger partial charge in [-0.15, -0.1) is 0 Å². The van der Waals surface area contributed by atoms with Crippen molar-refractivity contribution in [3.63, 3.8) is 0 Å². The van der Waals surface area contributed by atoms with Gasteiger partial charge in [-0.05, 0) is 49.9 Å². The summed E-state index contributed by atoms with van der Waals surface area (Å²) in [7, 11) is -2.35. The normalized spacial score (nSPS) is 12.4. The van der Waals surface area contributed by atoms with Crippen molar-refractivity contribution >= 4 is 15.9 Å². The van der Waals surface area contributed by atoms with Gasteiger partial charge in [0.1, 0.15) is 10.6 Å². The van der Waals surface area contributed by atoms with E-state index in [0.717, 1.165) is 12.8 Å². The molecular formula is C21H28N2O4S. The number of hydrogen-bond acceptors (Lipinski definition) is 4. The molecule has 0 aromatic heterocycles. The van der Waals surface area contributed by atoms with E-state index in [-0.39, 0.29) is 28.2 Å². The van der Waals surface area contributed by atoms with E-state index in [1.54, 1.807) is 6.07 Å². The monoisotopic (exact) mass is 404 g/mol. The molecule has 152 valence electrons. The lowest BCUT2D eigenvalue weighted by atomic mass is 10.1. The highest BCUT2D eigenvalue weighted by Crippen LogP contribution is 2.25. The second kappa shape index (κ2) is 10.2. The van der Waals surface area contributed by atoms with Gasteiger partial charge in [0.15, 0.2) is 0 Å². The third kappa shape index (κ3) is 6.07. The Morgan fingerprint density at radius 3 is 2.50 bits per heavy atom. The molecule has 0 saturated carbocycles. The molecule has 2 aromatic rings. The number of amides is 1. The van der Waals surface area contributed by atoms with Crippen LogP contribution in [0.4, 0.5) is 0 Å². The van der Waals surface area contributed by atoms with Crippen LogP contribution in [0.5, 0.6) is 5.75 Å². The first-order valence-electron chi connectivity index (χ1n) is 9.40. The lowest BCUT2D eigenvalue weighted by Gasteiger charge is -2.15. The number of carbonyl (C=O) groups excluding carboxylic acids is 1. The summed E-state index contributed by atoms with van der Waals surface area (Å²) in [5.41, 5.74) is 1.49. The summed E-state index contributed by atoms with van der Waals surface area (Å²) in [4.78, 5) is 12.6. The average molecular weight is 405 g/mol. The van der Waals surface area contributed by atoms with Crippen molar-refractivity contribution in [3.05, 3.63) is 59.7 Å². The maximum Gasteiger partial charge on any atom is 0.251 e. The maximum absolute atomic E-state index is 12.6. The molecule has 0 aliphatic carbocycles. The number of carbonyl (C=O) groups is 1. The van der Waals surface area contributed by atoms with Crippen LogP contribution in [0.25, 0.3) is 0 Å². The number of methoxy groups -OCH3 is 1. The highest BCUT2D eigenvalue weighted by Gasteiger charge is 2.21. The van der Waals surface area contributed by atoms with Crippen LogP contribution in [-0.4, -0.2) is 34.0 Å². The van der Waals surface area contributed by atoms with Gasteiger partial charge in [-0.1, -0.05) is 37.3 Å². The van der Waals surface area contributed by atoms with Crippen molar-refractivity contribution in [1.82, 2.24) is 10.0 Å². The minimum absolute atomic E-state index is 0.0342. The number of hydrogen-bond donors (Lipinski definition) is 2. The first-order chi connectivity index (χ1) is 13.4. The van der Waals surface area contributed by atoms with Crippen LogP contribution in [-0.2, 0) is 16.4 Å². The quantitative estimate of drug-likeness (QED) is 0.637.